The number of thiophene rings is 1. The quantitative estimate of drug-likeness (QED) is 0.754. The van der Waals surface area contributed by atoms with Crippen molar-refractivity contribution in [2.45, 2.75) is 45.3 Å². The molecule has 7 heteroatoms. The summed E-state index contributed by atoms with van der Waals surface area (Å²) in [4.78, 5) is 1.23. The zero-order valence-corrected chi connectivity index (χ0v) is 13.9. The molecule has 3 aromatic rings. The Morgan fingerprint density at radius 3 is 3.22 bits per heavy atom. The molecule has 1 aliphatic rings. The van der Waals surface area contributed by atoms with E-state index in [4.69, 9.17) is 0 Å². The molecule has 120 valence electrons. The van der Waals surface area contributed by atoms with Crippen LogP contribution in [0, 0.1) is 0 Å². The molecule has 2 N–H and O–H groups in total. The van der Waals surface area contributed by atoms with Gasteiger partial charge in [0.05, 0.1) is 16.8 Å². The van der Waals surface area contributed by atoms with Crippen LogP contribution in [0.15, 0.2) is 23.7 Å². The molecule has 0 spiro atoms. The Morgan fingerprint density at radius 1 is 1.43 bits per heavy atom. The number of aromatic nitrogens is 5. The van der Waals surface area contributed by atoms with Gasteiger partial charge in [-0.15, -0.1) is 21.5 Å². The average Bonchev–Trinajstić information content (AvgIpc) is 3.31. The number of H-pyrrole nitrogens is 1. The van der Waals surface area contributed by atoms with E-state index in [1.807, 2.05) is 6.20 Å². The molecule has 0 saturated carbocycles. The molecule has 4 rings (SSSR count). The highest BCUT2D eigenvalue weighted by atomic mass is 32.1. The van der Waals surface area contributed by atoms with Crippen LogP contribution in [0.1, 0.15) is 30.6 Å². The summed E-state index contributed by atoms with van der Waals surface area (Å²) in [5, 5.41) is 21.7. The fourth-order valence-corrected chi connectivity index (χ4v) is 3.90. The van der Waals surface area contributed by atoms with Crippen molar-refractivity contribution in [3.8, 4) is 10.6 Å². The zero-order chi connectivity index (χ0) is 15.6. The van der Waals surface area contributed by atoms with E-state index in [0.29, 0.717) is 6.04 Å². The molecule has 0 radical (unpaired) electrons. The number of rotatable bonds is 5. The number of nitrogens with one attached hydrogen (secondary N) is 2. The summed E-state index contributed by atoms with van der Waals surface area (Å²) in [6, 6.07) is 4.65. The van der Waals surface area contributed by atoms with Crippen LogP contribution in [0.2, 0.25) is 0 Å². The third-order valence-corrected chi connectivity index (χ3v) is 5.29. The predicted molar refractivity (Wildman–Crippen MR) is 90.2 cm³/mol. The van der Waals surface area contributed by atoms with Gasteiger partial charge in [-0.3, -0.25) is 5.10 Å². The van der Waals surface area contributed by atoms with Crippen molar-refractivity contribution in [3.63, 3.8) is 0 Å². The maximum absolute atomic E-state index is 4.29. The second kappa shape index (κ2) is 6.25. The van der Waals surface area contributed by atoms with Crippen LogP contribution in [-0.4, -0.2) is 31.0 Å². The van der Waals surface area contributed by atoms with Crippen molar-refractivity contribution in [1.29, 1.82) is 0 Å². The summed E-state index contributed by atoms with van der Waals surface area (Å²) in [6.45, 7) is 3.91. The third kappa shape index (κ3) is 2.82. The number of hydrogen-bond donors (Lipinski definition) is 2. The van der Waals surface area contributed by atoms with Gasteiger partial charge in [0.15, 0.2) is 0 Å². The van der Waals surface area contributed by atoms with Gasteiger partial charge in [-0.05, 0) is 17.9 Å². The molecule has 1 atom stereocenters. The summed E-state index contributed by atoms with van der Waals surface area (Å²) >= 11 is 1.73. The fraction of sp³-hybridized carbons (Fsp3) is 0.438. The van der Waals surface area contributed by atoms with Gasteiger partial charge >= 0.3 is 0 Å². The average molecular weight is 328 g/mol. The van der Waals surface area contributed by atoms with E-state index in [2.05, 4.69) is 54.7 Å². The van der Waals surface area contributed by atoms with E-state index in [0.717, 1.165) is 49.7 Å². The first kappa shape index (κ1) is 14.6. The van der Waals surface area contributed by atoms with Crippen molar-refractivity contribution in [1.82, 2.24) is 30.3 Å². The molecule has 0 saturated heterocycles. The fourth-order valence-electron chi connectivity index (χ4n) is 3.14. The van der Waals surface area contributed by atoms with Gasteiger partial charge in [0.2, 0.25) is 0 Å². The van der Waals surface area contributed by atoms with Crippen molar-refractivity contribution >= 4 is 11.3 Å². The lowest BCUT2D eigenvalue weighted by molar-refractivity contribution is 0.373. The van der Waals surface area contributed by atoms with E-state index in [-0.39, 0.29) is 0 Å². The first-order chi connectivity index (χ1) is 11.3. The largest absolute Gasteiger partial charge is 0.313 e. The lowest BCUT2D eigenvalue weighted by Gasteiger charge is -2.25. The SMILES string of the molecule is CCc1nnc2n1C[C@H](NCc1cn[nH]c1-c1cccs1)CC2. The highest BCUT2D eigenvalue weighted by Gasteiger charge is 2.22. The monoisotopic (exact) mass is 328 g/mol. The van der Waals surface area contributed by atoms with E-state index in [1.54, 1.807) is 11.3 Å². The van der Waals surface area contributed by atoms with Crippen LogP contribution in [0.5, 0.6) is 0 Å². The Hall–Kier alpha value is -1.99. The van der Waals surface area contributed by atoms with Crippen molar-refractivity contribution in [2.24, 2.45) is 0 Å². The van der Waals surface area contributed by atoms with E-state index in [9.17, 15) is 0 Å². The molecule has 4 heterocycles. The Labute approximate surface area is 139 Å². The number of aryl methyl sites for hydroxylation is 2. The topological polar surface area (TPSA) is 71.4 Å². The van der Waals surface area contributed by atoms with E-state index < -0.39 is 0 Å². The van der Waals surface area contributed by atoms with Crippen molar-refractivity contribution in [3.05, 3.63) is 40.9 Å². The molecule has 1 aliphatic heterocycles. The number of nitrogens with zero attached hydrogens (tertiary/aromatic N) is 4. The highest BCUT2D eigenvalue weighted by Crippen LogP contribution is 2.26. The summed E-state index contributed by atoms with van der Waals surface area (Å²) < 4.78 is 2.27. The van der Waals surface area contributed by atoms with Crippen molar-refractivity contribution in [2.75, 3.05) is 0 Å². The molecule has 0 fully saturated rings. The normalized spacial score (nSPS) is 17.3. The number of fused-ring (bicyclic) bond motifs is 1. The van der Waals surface area contributed by atoms with E-state index >= 15 is 0 Å². The molecule has 0 aliphatic carbocycles. The summed E-state index contributed by atoms with van der Waals surface area (Å²) in [7, 11) is 0. The molecule has 0 unspecified atom stereocenters. The highest BCUT2D eigenvalue weighted by molar-refractivity contribution is 7.13. The Morgan fingerprint density at radius 2 is 2.39 bits per heavy atom. The van der Waals surface area contributed by atoms with Crippen LogP contribution in [0.25, 0.3) is 10.6 Å². The second-order valence-electron chi connectivity index (χ2n) is 5.86. The molecule has 6 nitrogen and oxygen atoms in total. The van der Waals surface area contributed by atoms with Gasteiger partial charge in [0.25, 0.3) is 0 Å². The maximum atomic E-state index is 4.29. The molecular formula is C16H20N6S. The van der Waals surface area contributed by atoms with Gasteiger partial charge < -0.3 is 9.88 Å². The molecular weight excluding hydrogens is 308 g/mol. The van der Waals surface area contributed by atoms with Gasteiger partial charge in [-0.1, -0.05) is 13.0 Å². The second-order valence-corrected chi connectivity index (χ2v) is 6.81. The smallest absolute Gasteiger partial charge is 0.133 e. The molecule has 0 aromatic carbocycles. The molecule has 0 amide bonds. The van der Waals surface area contributed by atoms with Crippen molar-refractivity contribution < 1.29 is 0 Å². The van der Waals surface area contributed by atoms with Crippen LogP contribution >= 0.6 is 11.3 Å². The number of aromatic amines is 1. The van der Waals surface area contributed by atoms with Crippen LogP contribution in [0.3, 0.4) is 0 Å². The minimum atomic E-state index is 0.454. The predicted octanol–water partition coefficient (Wildman–Crippen LogP) is 2.40. The van der Waals surface area contributed by atoms with Gasteiger partial charge in [0, 0.05) is 37.5 Å². The molecule has 3 aromatic heterocycles. The Kier molecular flexibility index (Phi) is 3.97. The molecule has 0 bridgehead atoms. The zero-order valence-electron chi connectivity index (χ0n) is 13.1. The lowest BCUT2D eigenvalue weighted by atomic mass is 10.1. The number of hydrogen-bond acceptors (Lipinski definition) is 5. The Bertz CT molecular complexity index is 759. The first-order valence-corrected chi connectivity index (χ1v) is 8.93. The standard InChI is InChI=1S/C16H20N6S/c1-2-14-19-20-15-6-5-12(10-22(14)15)17-8-11-9-18-21-16(11)13-4-3-7-23-13/h3-4,7,9,12,17H,2,5-6,8,10H2,1H3,(H,18,21)/t12-/m1/s1. The minimum absolute atomic E-state index is 0.454. The van der Waals surface area contributed by atoms with Gasteiger partial charge in [-0.25, -0.2) is 0 Å². The maximum Gasteiger partial charge on any atom is 0.133 e. The van der Waals surface area contributed by atoms with Gasteiger partial charge in [-0.2, -0.15) is 5.10 Å². The van der Waals surface area contributed by atoms with E-state index in [1.165, 1.54) is 10.4 Å². The molecule has 23 heavy (non-hydrogen) atoms. The van der Waals surface area contributed by atoms with Crippen LogP contribution in [-0.2, 0) is 25.9 Å². The van der Waals surface area contributed by atoms with Crippen LogP contribution in [0.4, 0.5) is 0 Å². The summed E-state index contributed by atoms with van der Waals surface area (Å²) in [5.74, 6) is 2.22. The lowest BCUT2D eigenvalue weighted by Crippen LogP contribution is -2.37. The third-order valence-electron chi connectivity index (χ3n) is 4.41. The Balaban J connectivity index is 1.44. The minimum Gasteiger partial charge on any atom is -0.313 e. The first-order valence-electron chi connectivity index (χ1n) is 8.05. The summed E-state index contributed by atoms with van der Waals surface area (Å²) in [5.41, 5.74) is 2.35. The summed E-state index contributed by atoms with van der Waals surface area (Å²) in [6.07, 6.45) is 4.96. The van der Waals surface area contributed by atoms with Crippen LogP contribution < -0.4 is 5.32 Å². The van der Waals surface area contributed by atoms with Gasteiger partial charge in [0.1, 0.15) is 11.6 Å².